The van der Waals surface area contributed by atoms with Crippen LogP contribution >= 0.6 is 0 Å². The smallest absolute Gasteiger partial charge is 0.284 e. The summed E-state index contributed by atoms with van der Waals surface area (Å²) < 4.78 is 21.4. The molecule has 1 N–H and O–H groups in total. The first-order valence-corrected chi connectivity index (χ1v) is 13.0. The molecule has 0 saturated heterocycles. The van der Waals surface area contributed by atoms with Gasteiger partial charge < -0.3 is 18.9 Å². The van der Waals surface area contributed by atoms with Crippen LogP contribution in [0.5, 0.6) is 23.0 Å². The number of hydrazone groups is 1. The Balaban J connectivity index is 1.43. The fourth-order valence-corrected chi connectivity index (χ4v) is 4.71. The van der Waals surface area contributed by atoms with Gasteiger partial charge in [-0.15, -0.1) is 5.11 Å². The molecule has 1 aliphatic rings. The van der Waals surface area contributed by atoms with Gasteiger partial charge in [0.1, 0.15) is 5.56 Å². The predicted molar refractivity (Wildman–Crippen MR) is 156 cm³/mol. The van der Waals surface area contributed by atoms with Gasteiger partial charge in [0.25, 0.3) is 5.69 Å². The minimum atomic E-state index is -0.527. The average molecular weight is 563 g/mol. The third-order valence-corrected chi connectivity index (χ3v) is 6.89. The number of rotatable bonds is 11. The SMILES string of the molecule is CN=N/C(=N\Nc1ccc(CCN2CCc3cc(OC)c(OC)cc3C2)cc1)c1cc(OC)c(OC)cc1[N+](=O)[O-]. The molecule has 0 unspecified atom stereocenters. The summed E-state index contributed by atoms with van der Waals surface area (Å²) in [6, 6.07) is 14.8. The van der Waals surface area contributed by atoms with Crippen molar-refractivity contribution in [2.45, 2.75) is 19.4 Å². The van der Waals surface area contributed by atoms with Crippen LogP contribution in [0.1, 0.15) is 22.3 Å². The van der Waals surface area contributed by atoms with Crippen molar-refractivity contribution in [2.24, 2.45) is 15.3 Å². The Morgan fingerprint density at radius 1 is 0.927 bits per heavy atom. The van der Waals surface area contributed by atoms with Crippen LogP contribution in [0.25, 0.3) is 0 Å². The molecule has 1 heterocycles. The third kappa shape index (κ3) is 6.90. The van der Waals surface area contributed by atoms with Crippen molar-refractivity contribution in [1.82, 2.24) is 4.90 Å². The number of benzene rings is 3. The number of amidine groups is 1. The number of methoxy groups -OCH3 is 4. The molecule has 3 aromatic rings. The van der Waals surface area contributed by atoms with E-state index < -0.39 is 4.92 Å². The van der Waals surface area contributed by atoms with Gasteiger partial charge in [-0.3, -0.25) is 20.4 Å². The standard InChI is InChI=1S/C29H34N6O6/c1-30-32-29(23-16-27(40-4)28(41-5)17-24(23)35(36)37)33-31-22-8-6-19(7-9-22)10-12-34-13-11-20-14-25(38-2)26(39-3)15-21(20)18-34/h6-9,14-17,31H,10-13,18H2,1-5H3/b32-30?,33-29-. The van der Waals surface area contributed by atoms with Gasteiger partial charge in [-0.2, -0.15) is 10.2 Å². The minimum absolute atomic E-state index is 0.0314. The molecule has 0 atom stereocenters. The fraction of sp³-hybridized carbons (Fsp3) is 0.345. The molecular formula is C29H34N6O6. The Morgan fingerprint density at radius 3 is 2.15 bits per heavy atom. The Hall–Kier alpha value is -4.71. The summed E-state index contributed by atoms with van der Waals surface area (Å²) in [6.45, 7) is 2.76. The summed E-state index contributed by atoms with van der Waals surface area (Å²) in [5.41, 5.74) is 7.29. The average Bonchev–Trinajstić information content (AvgIpc) is 3.00. The monoisotopic (exact) mass is 562 g/mol. The fourth-order valence-electron chi connectivity index (χ4n) is 4.71. The van der Waals surface area contributed by atoms with E-state index in [1.807, 2.05) is 24.3 Å². The molecule has 0 radical (unpaired) electrons. The van der Waals surface area contributed by atoms with E-state index in [1.165, 1.54) is 50.1 Å². The number of ether oxygens (including phenoxy) is 4. The second-order valence-corrected chi connectivity index (χ2v) is 9.28. The zero-order chi connectivity index (χ0) is 29.4. The molecule has 12 heteroatoms. The Labute approximate surface area is 238 Å². The number of hydrogen-bond acceptors (Lipinski definition) is 10. The maximum absolute atomic E-state index is 11.7. The quantitative estimate of drug-likeness (QED) is 0.112. The normalized spacial score (nSPS) is 13.5. The summed E-state index contributed by atoms with van der Waals surface area (Å²) in [4.78, 5) is 13.7. The van der Waals surface area contributed by atoms with Crippen LogP contribution in [0.2, 0.25) is 0 Å². The molecule has 4 rings (SSSR count). The van der Waals surface area contributed by atoms with Gasteiger partial charge in [-0.1, -0.05) is 12.1 Å². The Morgan fingerprint density at radius 2 is 1.54 bits per heavy atom. The maximum Gasteiger partial charge on any atom is 0.284 e. The molecule has 0 amide bonds. The molecule has 216 valence electrons. The molecule has 0 fully saturated rings. The van der Waals surface area contributed by atoms with Crippen molar-refractivity contribution < 1.29 is 23.9 Å². The molecule has 0 spiro atoms. The summed E-state index contributed by atoms with van der Waals surface area (Å²) in [5.74, 6) is 2.09. The number of hydrogen-bond donors (Lipinski definition) is 1. The molecule has 12 nitrogen and oxygen atoms in total. The van der Waals surface area contributed by atoms with Crippen molar-refractivity contribution in [1.29, 1.82) is 0 Å². The van der Waals surface area contributed by atoms with Crippen LogP contribution in [0.4, 0.5) is 11.4 Å². The van der Waals surface area contributed by atoms with Gasteiger partial charge in [0.2, 0.25) is 5.84 Å². The first kappa shape index (κ1) is 29.3. The second-order valence-electron chi connectivity index (χ2n) is 9.28. The topological polar surface area (TPSA) is 132 Å². The van der Waals surface area contributed by atoms with Crippen LogP contribution in [0.15, 0.2) is 63.9 Å². The van der Waals surface area contributed by atoms with Crippen molar-refractivity contribution in [3.8, 4) is 23.0 Å². The molecule has 41 heavy (non-hydrogen) atoms. The van der Waals surface area contributed by atoms with Crippen molar-refractivity contribution >= 4 is 17.2 Å². The van der Waals surface area contributed by atoms with Crippen LogP contribution in [0, 0.1) is 10.1 Å². The molecule has 0 saturated carbocycles. The van der Waals surface area contributed by atoms with Gasteiger partial charge in [-0.25, -0.2) is 0 Å². The van der Waals surface area contributed by atoms with Gasteiger partial charge in [0, 0.05) is 32.7 Å². The lowest BCUT2D eigenvalue weighted by molar-refractivity contribution is -0.385. The lowest BCUT2D eigenvalue weighted by Crippen LogP contribution is -2.32. The first-order chi connectivity index (χ1) is 19.9. The molecule has 1 aliphatic heterocycles. The zero-order valence-corrected chi connectivity index (χ0v) is 23.8. The number of nitrogens with one attached hydrogen (secondary N) is 1. The van der Waals surface area contributed by atoms with Crippen LogP contribution in [-0.2, 0) is 19.4 Å². The predicted octanol–water partition coefficient (Wildman–Crippen LogP) is 5.09. The summed E-state index contributed by atoms with van der Waals surface area (Å²) in [6.07, 6.45) is 1.85. The molecule has 3 aromatic carbocycles. The van der Waals surface area contributed by atoms with E-state index in [0.29, 0.717) is 11.4 Å². The van der Waals surface area contributed by atoms with E-state index in [4.69, 9.17) is 18.9 Å². The van der Waals surface area contributed by atoms with Gasteiger partial charge in [0.05, 0.1) is 45.1 Å². The highest BCUT2D eigenvalue weighted by Crippen LogP contribution is 2.35. The van der Waals surface area contributed by atoms with E-state index >= 15 is 0 Å². The molecule has 0 aromatic heterocycles. The van der Waals surface area contributed by atoms with E-state index in [0.717, 1.165) is 44.0 Å². The van der Waals surface area contributed by atoms with Crippen molar-refractivity contribution in [3.63, 3.8) is 0 Å². The van der Waals surface area contributed by atoms with Crippen molar-refractivity contribution in [3.05, 3.63) is 80.9 Å². The lowest BCUT2D eigenvalue weighted by Gasteiger charge is -2.29. The largest absolute Gasteiger partial charge is 0.493 e. The molecule has 0 bridgehead atoms. The third-order valence-electron chi connectivity index (χ3n) is 6.89. The van der Waals surface area contributed by atoms with E-state index in [1.54, 1.807) is 14.2 Å². The number of anilines is 1. The van der Waals surface area contributed by atoms with Crippen LogP contribution < -0.4 is 24.4 Å². The Bertz CT molecular complexity index is 1440. The number of nitro groups is 1. The van der Waals surface area contributed by atoms with E-state index in [9.17, 15) is 10.1 Å². The highest BCUT2D eigenvalue weighted by atomic mass is 16.6. The highest BCUT2D eigenvalue weighted by molar-refractivity contribution is 6.03. The molecule has 0 aliphatic carbocycles. The van der Waals surface area contributed by atoms with E-state index in [-0.39, 0.29) is 22.8 Å². The second kappa shape index (κ2) is 13.6. The highest BCUT2D eigenvalue weighted by Gasteiger charge is 2.24. The number of fused-ring (bicyclic) bond motifs is 1. The van der Waals surface area contributed by atoms with Crippen molar-refractivity contribution in [2.75, 3.05) is 54.0 Å². The minimum Gasteiger partial charge on any atom is -0.493 e. The molecular weight excluding hydrogens is 528 g/mol. The van der Waals surface area contributed by atoms with Crippen LogP contribution in [0.3, 0.4) is 0 Å². The summed E-state index contributed by atoms with van der Waals surface area (Å²) in [7, 11) is 7.64. The Kier molecular flexibility index (Phi) is 9.69. The summed E-state index contributed by atoms with van der Waals surface area (Å²) in [5, 5.41) is 23.8. The van der Waals surface area contributed by atoms with Gasteiger partial charge in [-0.05, 0) is 53.8 Å². The van der Waals surface area contributed by atoms with Crippen LogP contribution in [-0.4, -0.2) is 64.2 Å². The number of nitrogens with zero attached hydrogens (tertiary/aromatic N) is 5. The summed E-state index contributed by atoms with van der Waals surface area (Å²) >= 11 is 0. The number of azo groups is 1. The maximum atomic E-state index is 11.7. The van der Waals surface area contributed by atoms with E-state index in [2.05, 4.69) is 37.8 Å². The van der Waals surface area contributed by atoms with Gasteiger partial charge >= 0.3 is 0 Å². The lowest BCUT2D eigenvalue weighted by atomic mass is 9.98. The first-order valence-electron chi connectivity index (χ1n) is 13.0. The van der Waals surface area contributed by atoms with Gasteiger partial charge in [0.15, 0.2) is 23.0 Å². The number of nitro benzene ring substituents is 1. The zero-order valence-electron chi connectivity index (χ0n) is 23.8.